The van der Waals surface area contributed by atoms with Gasteiger partial charge in [0.2, 0.25) is 0 Å². The number of hydrogen-bond donors (Lipinski definition) is 0. The molecule has 5 rings (SSSR count). The average Bonchev–Trinajstić information content (AvgIpc) is 3.17. The van der Waals surface area contributed by atoms with E-state index in [1.807, 2.05) is 37.3 Å². The molecule has 0 aromatic heterocycles. The van der Waals surface area contributed by atoms with E-state index in [0.29, 0.717) is 30.3 Å². The third-order valence-corrected chi connectivity index (χ3v) is 7.75. The van der Waals surface area contributed by atoms with E-state index in [0.717, 1.165) is 36.6 Å². The summed E-state index contributed by atoms with van der Waals surface area (Å²) in [6, 6.07) is 24.1. The average molecular weight is 639 g/mol. The Morgan fingerprint density at radius 2 is 1.68 bits per heavy atom. The van der Waals surface area contributed by atoms with Gasteiger partial charge in [-0.3, -0.25) is 14.5 Å². The maximum absolute atomic E-state index is 14.1. The van der Waals surface area contributed by atoms with Crippen LogP contribution < -0.4 is 9.47 Å². The lowest BCUT2D eigenvalue weighted by molar-refractivity contribution is -0.123. The molecule has 1 aliphatic heterocycles. The van der Waals surface area contributed by atoms with Crippen molar-refractivity contribution in [3.05, 3.63) is 110 Å². The van der Waals surface area contributed by atoms with Crippen LogP contribution in [0.1, 0.15) is 23.6 Å². The van der Waals surface area contributed by atoms with E-state index >= 15 is 0 Å². The van der Waals surface area contributed by atoms with Gasteiger partial charge in [-0.2, -0.15) is 0 Å². The third-order valence-electron chi connectivity index (χ3n) is 6.04. The number of carbonyl (C=O) groups is 2. The zero-order valence-corrected chi connectivity index (χ0v) is 23.4. The second-order valence-electron chi connectivity index (χ2n) is 8.55. The molecule has 4 aromatic rings. The van der Waals surface area contributed by atoms with E-state index in [9.17, 15) is 14.0 Å². The van der Waals surface area contributed by atoms with E-state index in [2.05, 4.69) is 40.8 Å². The Bertz CT molecular complexity index is 1570. The minimum Gasteiger partial charge on any atom is -0.490 e. The van der Waals surface area contributed by atoms with Crippen LogP contribution in [-0.4, -0.2) is 22.7 Å². The zero-order valence-electron chi connectivity index (χ0n) is 20.4. The van der Waals surface area contributed by atoms with Crippen LogP contribution in [0.4, 0.5) is 9.18 Å². The molecule has 1 heterocycles. The first-order chi connectivity index (χ1) is 18.4. The largest absolute Gasteiger partial charge is 0.490 e. The molecular formula is C30H23FINO4S. The first-order valence-electron chi connectivity index (χ1n) is 12.0. The molecule has 0 N–H and O–H groups in total. The summed E-state index contributed by atoms with van der Waals surface area (Å²) in [6.45, 7) is 2.58. The molecule has 8 heteroatoms. The minimum atomic E-state index is -0.453. The standard InChI is InChI=1S/C30H23FINO4S/c1-2-36-26-15-19(16-27-29(34)33(30(35)38-27)17-21-9-4-6-13-24(21)31)14-25(32)28(26)37-18-22-11-7-10-20-8-3-5-12-23(20)22/h3-16H,2,17-18H2,1H3/b27-16-. The smallest absolute Gasteiger partial charge is 0.293 e. The zero-order chi connectivity index (χ0) is 26.6. The molecule has 0 saturated carbocycles. The fraction of sp³-hybridized carbons (Fsp3) is 0.133. The molecule has 5 nitrogen and oxygen atoms in total. The summed E-state index contributed by atoms with van der Waals surface area (Å²) in [4.78, 5) is 26.9. The van der Waals surface area contributed by atoms with Gasteiger partial charge in [0.15, 0.2) is 11.5 Å². The van der Waals surface area contributed by atoms with Crippen molar-refractivity contribution in [2.24, 2.45) is 0 Å². The Balaban J connectivity index is 1.39. The maximum atomic E-state index is 14.1. The topological polar surface area (TPSA) is 55.8 Å². The monoisotopic (exact) mass is 639 g/mol. The molecule has 1 saturated heterocycles. The number of halogens is 2. The van der Waals surface area contributed by atoms with Crippen LogP contribution in [0.5, 0.6) is 11.5 Å². The van der Waals surface area contributed by atoms with Crippen LogP contribution in [0.25, 0.3) is 16.8 Å². The van der Waals surface area contributed by atoms with Crippen molar-refractivity contribution < 1.29 is 23.5 Å². The number of amides is 2. The summed E-state index contributed by atoms with van der Waals surface area (Å²) in [5.41, 5.74) is 2.05. The Hall–Kier alpha value is -3.37. The summed E-state index contributed by atoms with van der Waals surface area (Å²) in [7, 11) is 0. The highest BCUT2D eigenvalue weighted by atomic mass is 127. The second kappa shape index (κ2) is 11.6. The molecular weight excluding hydrogens is 616 g/mol. The molecule has 0 spiro atoms. The van der Waals surface area contributed by atoms with Gasteiger partial charge >= 0.3 is 0 Å². The van der Waals surface area contributed by atoms with Crippen molar-refractivity contribution in [1.82, 2.24) is 4.90 Å². The molecule has 0 atom stereocenters. The molecule has 1 aliphatic rings. The first kappa shape index (κ1) is 26.2. The SMILES string of the molecule is CCOc1cc(/C=C2\SC(=O)N(Cc3ccccc3F)C2=O)cc(I)c1OCc1cccc2ccccc12. The summed E-state index contributed by atoms with van der Waals surface area (Å²) in [5, 5.41) is 1.84. The Kier molecular flexibility index (Phi) is 7.99. The first-order valence-corrected chi connectivity index (χ1v) is 13.9. The van der Waals surface area contributed by atoms with Crippen LogP contribution in [0.15, 0.2) is 83.8 Å². The third kappa shape index (κ3) is 5.56. The van der Waals surface area contributed by atoms with Crippen LogP contribution >= 0.6 is 34.4 Å². The van der Waals surface area contributed by atoms with Crippen molar-refractivity contribution in [3.8, 4) is 11.5 Å². The van der Waals surface area contributed by atoms with Crippen molar-refractivity contribution in [2.75, 3.05) is 6.61 Å². The molecule has 0 bridgehead atoms. The Morgan fingerprint density at radius 3 is 2.50 bits per heavy atom. The van der Waals surface area contributed by atoms with Gasteiger partial charge in [-0.25, -0.2) is 4.39 Å². The fourth-order valence-electron chi connectivity index (χ4n) is 4.23. The molecule has 2 amide bonds. The van der Waals surface area contributed by atoms with E-state index in [4.69, 9.17) is 9.47 Å². The lowest BCUT2D eigenvalue weighted by Crippen LogP contribution is -2.27. The Morgan fingerprint density at radius 1 is 0.947 bits per heavy atom. The number of imide groups is 1. The van der Waals surface area contributed by atoms with Gasteiger partial charge in [0.25, 0.3) is 11.1 Å². The quantitative estimate of drug-likeness (QED) is 0.146. The van der Waals surface area contributed by atoms with Crippen molar-refractivity contribution >= 4 is 62.3 Å². The van der Waals surface area contributed by atoms with Gasteiger partial charge in [-0.15, -0.1) is 0 Å². The van der Waals surface area contributed by atoms with E-state index in [1.54, 1.807) is 30.3 Å². The van der Waals surface area contributed by atoms with E-state index in [-0.39, 0.29) is 17.0 Å². The van der Waals surface area contributed by atoms with Crippen LogP contribution in [-0.2, 0) is 17.9 Å². The highest BCUT2D eigenvalue weighted by molar-refractivity contribution is 14.1. The van der Waals surface area contributed by atoms with Gasteiger partial charge in [0, 0.05) is 5.56 Å². The molecule has 1 fully saturated rings. The number of benzene rings is 4. The molecule has 38 heavy (non-hydrogen) atoms. The van der Waals surface area contributed by atoms with Crippen molar-refractivity contribution in [3.63, 3.8) is 0 Å². The van der Waals surface area contributed by atoms with Gasteiger partial charge in [0.1, 0.15) is 12.4 Å². The lowest BCUT2D eigenvalue weighted by atomic mass is 10.1. The van der Waals surface area contributed by atoms with Crippen molar-refractivity contribution in [1.29, 1.82) is 0 Å². The number of thioether (sulfide) groups is 1. The molecule has 4 aromatic carbocycles. The predicted molar refractivity (Wildman–Crippen MR) is 157 cm³/mol. The van der Waals surface area contributed by atoms with Gasteiger partial charge < -0.3 is 9.47 Å². The normalized spacial score (nSPS) is 14.5. The van der Waals surface area contributed by atoms with Gasteiger partial charge in [-0.05, 0) is 87.5 Å². The summed E-state index contributed by atoms with van der Waals surface area (Å²) < 4.78 is 27.0. The number of rotatable bonds is 8. The number of fused-ring (bicyclic) bond motifs is 1. The van der Waals surface area contributed by atoms with Crippen LogP contribution in [0.3, 0.4) is 0 Å². The molecule has 0 radical (unpaired) electrons. The lowest BCUT2D eigenvalue weighted by Gasteiger charge is -2.16. The summed E-state index contributed by atoms with van der Waals surface area (Å²) in [5.74, 6) is 0.264. The number of ether oxygens (including phenoxy) is 2. The van der Waals surface area contributed by atoms with Crippen LogP contribution in [0.2, 0.25) is 0 Å². The van der Waals surface area contributed by atoms with Gasteiger partial charge in [0.05, 0.1) is 21.6 Å². The summed E-state index contributed by atoms with van der Waals surface area (Å²) in [6.07, 6.45) is 1.66. The molecule has 192 valence electrons. The van der Waals surface area contributed by atoms with Crippen molar-refractivity contribution in [2.45, 2.75) is 20.1 Å². The van der Waals surface area contributed by atoms with Gasteiger partial charge in [-0.1, -0.05) is 60.7 Å². The maximum Gasteiger partial charge on any atom is 0.293 e. The number of hydrogen-bond acceptors (Lipinski definition) is 5. The van der Waals surface area contributed by atoms with E-state index < -0.39 is 17.0 Å². The molecule has 0 aliphatic carbocycles. The minimum absolute atomic E-state index is 0.114. The predicted octanol–water partition coefficient (Wildman–Crippen LogP) is 7.80. The number of nitrogens with zero attached hydrogens (tertiary/aromatic N) is 1. The van der Waals surface area contributed by atoms with E-state index in [1.165, 1.54) is 6.07 Å². The Labute approximate surface area is 237 Å². The highest BCUT2D eigenvalue weighted by Gasteiger charge is 2.35. The second-order valence-corrected chi connectivity index (χ2v) is 10.7. The summed E-state index contributed by atoms with van der Waals surface area (Å²) >= 11 is 3.03. The number of carbonyl (C=O) groups excluding carboxylic acids is 2. The molecule has 0 unspecified atom stereocenters. The highest BCUT2D eigenvalue weighted by Crippen LogP contribution is 2.38. The van der Waals surface area contributed by atoms with Crippen LogP contribution in [0, 0.1) is 9.39 Å². The fourth-order valence-corrected chi connectivity index (χ4v) is 5.85.